The van der Waals surface area contributed by atoms with Gasteiger partial charge in [0.25, 0.3) is 0 Å². The molecule has 0 spiro atoms. The summed E-state index contributed by atoms with van der Waals surface area (Å²) in [6.45, 7) is 3.39. The minimum absolute atomic E-state index is 0.00295. The molecule has 4 aromatic rings. The van der Waals surface area contributed by atoms with E-state index in [-0.39, 0.29) is 31.8 Å². The maximum atomic E-state index is 13.8. The summed E-state index contributed by atoms with van der Waals surface area (Å²) in [7, 11) is 1.46. The number of pyridine rings is 1. The fourth-order valence-corrected chi connectivity index (χ4v) is 5.22. The molecule has 1 unspecified atom stereocenters. The Morgan fingerprint density at radius 3 is 2.40 bits per heavy atom. The van der Waals surface area contributed by atoms with E-state index in [1.807, 2.05) is 36.4 Å². The Balaban J connectivity index is 1.36. The minimum atomic E-state index is -1.53. The molecule has 0 bridgehead atoms. The first-order chi connectivity index (χ1) is 22.5. The van der Waals surface area contributed by atoms with Gasteiger partial charge >= 0.3 is 6.09 Å². The smallest absolute Gasteiger partial charge is 0.408 e. The topological polar surface area (TPSA) is 127 Å². The van der Waals surface area contributed by atoms with Crippen molar-refractivity contribution in [1.82, 2.24) is 10.3 Å². The van der Waals surface area contributed by atoms with Gasteiger partial charge in [-0.2, -0.15) is 0 Å². The molecule has 10 heteroatoms. The lowest BCUT2D eigenvalue weighted by Crippen LogP contribution is -2.36. The summed E-state index contributed by atoms with van der Waals surface area (Å²) in [6, 6.07) is 23.6. The Kier molecular flexibility index (Phi) is 10.2. The number of nitrogens with one attached hydrogen (secondary N) is 1. The summed E-state index contributed by atoms with van der Waals surface area (Å²) in [5, 5.41) is 24.2. The van der Waals surface area contributed by atoms with Gasteiger partial charge in [-0.25, -0.2) is 14.2 Å². The number of hydrogen-bond donors (Lipinski definition) is 3. The molecule has 1 amide bonds. The number of alkyl carbamates (subject to hydrolysis) is 1. The van der Waals surface area contributed by atoms with E-state index < -0.39 is 29.2 Å². The zero-order valence-corrected chi connectivity index (χ0v) is 26.7. The van der Waals surface area contributed by atoms with Crippen LogP contribution in [-0.4, -0.2) is 46.9 Å². The largest absolute Gasteiger partial charge is 0.493 e. The SMILES string of the molecule is COc1cc(C(=O)CCC(C)(O)c2cc(C3(NC(=O)OCc4ccccc4)CC3)cc(-c3ccc(F)cc3)n2)ccc1OC[C@@H](C)O. The first-order valence-corrected chi connectivity index (χ1v) is 15.5. The molecular formula is C37H39FN2O7. The minimum Gasteiger partial charge on any atom is -0.493 e. The number of hydrogen-bond acceptors (Lipinski definition) is 8. The van der Waals surface area contributed by atoms with E-state index in [4.69, 9.17) is 19.2 Å². The van der Waals surface area contributed by atoms with Crippen LogP contribution >= 0.6 is 0 Å². The average molecular weight is 643 g/mol. The zero-order valence-electron chi connectivity index (χ0n) is 26.7. The fraction of sp³-hybridized carbons (Fsp3) is 0.324. The molecular weight excluding hydrogens is 603 g/mol. The third-order valence-electron chi connectivity index (χ3n) is 8.18. The number of aliphatic hydroxyl groups is 2. The number of benzene rings is 3. The van der Waals surface area contributed by atoms with E-state index in [0.717, 1.165) is 11.1 Å². The number of ketones is 1. The first-order valence-electron chi connectivity index (χ1n) is 15.5. The quantitative estimate of drug-likeness (QED) is 0.134. The van der Waals surface area contributed by atoms with Gasteiger partial charge in [0.15, 0.2) is 17.3 Å². The van der Waals surface area contributed by atoms with Gasteiger partial charge in [-0.3, -0.25) is 4.79 Å². The molecule has 0 aliphatic heterocycles. The van der Waals surface area contributed by atoms with Crippen LogP contribution < -0.4 is 14.8 Å². The van der Waals surface area contributed by atoms with Crippen molar-refractivity contribution in [3.05, 3.63) is 113 Å². The highest BCUT2D eigenvalue weighted by Crippen LogP contribution is 2.47. The van der Waals surface area contributed by atoms with Crippen molar-refractivity contribution < 1.29 is 38.4 Å². The standard InChI is InChI=1S/C37H39FN2O7/c1-24(41)22-46-32-14-11-27(19-33(32)45-3)31(42)15-16-36(2,44)34-21-28(20-30(39-34)26-9-12-29(38)13-10-26)37(17-18-37)40-35(43)47-23-25-7-5-4-6-8-25/h4-14,19-21,24,41,44H,15-18,22-23H2,1-3H3,(H,40,43)/t24-,36?/m1/s1. The van der Waals surface area contributed by atoms with Crippen molar-refractivity contribution in [2.45, 2.75) is 63.4 Å². The molecule has 9 nitrogen and oxygen atoms in total. The van der Waals surface area contributed by atoms with E-state index in [1.165, 1.54) is 19.2 Å². The van der Waals surface area contributed by atoms with Crippen LogP contribution in [0.15, 0.2) is 84.9 Å². The number of amides is 1. The lowest BCUT2D eigenvalue weighted by atomic mass is 9.90. The van der Waals surface area contributed by atoms with Gasteiger partial charge in [-0.15, -0.1) is 0 Å². The first kappa shape index (κ1) is 33.6. The van der Waals surface area contributed by atoms with E-state index in [0.29, 0.717) is 46.9 Å². The lowest BCUT2D eigenvalue weighted by Gasteiger charge is -2.26. The molecule has 1 aliphatic carbocycles. The highest BCUT2D eigenvalue weighted by atomic mass is 19.1. The average Bonchev–Trinajstić information content (AvgIpc) is 3.86. The van der Waals surface area contributed by atoms with Gasteiger partial charge in [0.1, 0.15) is 24.6 Å². The highest BCUT2D eigenvalue weighted by Gasteiger charge is 2.47. The summed E-state index contributed by atoms with van der Waals surface area (Å²) >= 11 is 0. The second kappa shape index (κ2) is 14.3. The van der Waals surface area contributed by atoms with Crippen molar-refractivity contribution >= 4 is 11.9 Å². The number of aliphatic hydroxyl groups excluding tert-OH is 1. The van der Waals surface area contributed by atoms with Gasteiger partial charge in [-0.05, 0) is 98.8 Å². The number of carbonyl (C=O) groups is 2. The third-order valence-corrected chi connectivity index (χ3v) is 8.18. The summed E-state index contributed by atoms with van der Waals surface area (Å²) in [5.41, 5.74) is 1.15. The Morgan fingerprint density at radius 1 is 1.02 bits per heavy atom. The van der Waals surface area contributed by atoms with Crippen molar-refractivity contribution in [1.29, 1.82) is 0 Å². The monoisotopic (exact) mass is 642 g/mol. The molecule has 1 saturated carbocycles. The molecule has 5 rings (SSSR count). The number of ether oxygens (including phenoxy) is 3. The van der Waals surface area contributed by atoms with Gasteiger partial charge in [-0.1, -0.05) is 30.3 Å². The molecule has 47 heavy (non-hydrogen) atoms. The number of halogens is 1. The number of carbonyl (C=O) groups excluding carboxylic acids is 2. The maximum absolute atomic E-state index is 13.8. The predicted octanol–water partition coefficient (Wildman–Crippen LogP) is 6.44. The van der Waals surface area contributed by atoms with Crippen LogP contribution in [0.2, 0.25) is 0 Å². The van der Waals surface area contributed by atoms with Crippen LogP contribution in [0.25, 0.3) is 11.3 Å². The Morgan fingerprint density at radius 2 is 1.74 bits per heavy atom. The number of methoxy groups -OCH3 is 1. The fourth-order valence-electron chi connectivity index (χ4n) is 5.22. The molecule has 2 atom stereocenters. The number of rotatable bonds is 14. The van der Waals surface area contributed by atoms with Crippen molar-refractivity contribution in [3.63, 3.8) is 0 Å². The Bertz CT molecular complexity index is 1700. The molecule has 1 aliphatic rings. The van der Waals surface area contributed by atoms with Gasteiger partial charge in [0.05, 0.1) is 30.1 Å². The number of aromatic nitrogens is 1. The van der Waals surface area contributed by atoms with E-state index in [9.17, 15) is 24.2 Å². The van der Waals surface area contributed by atoms with Crippen LogP contribution in [-0.2, 0) is 22.5 Å². The predicted molar refractivity (Wildman–Crippen MR) is 174 cm³/mol. The highest BCUT2D eigenvalue weighted by molar-refractivity contribution is 5.96. The van der Waals surface area contributed by atoms with Crippen LogP contribution in [0, 0.1) is 5.82 Å². The summed E-state index contributed by atoms with van der Waals surface area (Å²) in [5.74, 6) is 0.141. The molecule has 0 saturated heterocycles. The molecule has 1 heterocycles. The molecule has 0 radical (unpaired) electrons. The van der Waals surface area contributed by atoms with Crippen LogP contribution in [0.3, 0.4) is 0 Å². The zero-order chi connectivity index (χ0) is 33.6. The summed E-state index contributed by atoms with van der Waals surface area (Å²) in [4.78, 5) is 30.8. The lowest BCUT2D eigenvalue weighted by molar-refractivity contribution is 0.0396. The third kappa shape index (κ3) is 8.52. The molecule has 3 aromatic carbocycles. The van der Waals surface area contributed by atoms with E-state index in [1.54, 1.807) is 50.2 Å². The maximum Gasteiger partial charge on any atom is 0.408 e. The van der Waals surface area contributed by atoms with Crippen molar-refractivity contribution in [3.8, 4) is 22.8 Å². The Hall–Kier alpha value is -4.80. The van der Waals surface area contributed by atoms with Gasteiger partial charge in [0, 0.05) is 17.5 Å². The van der Waals surface area contributed by atoms with Crippen molar-refractivity contribution in [2.75, 3.05) is 13.7 Å². The van der Waals surface area contributed by atoms with E-state index in [2.05, 4.69) is 5.32 Å². The van der Waals surface area contributed by atoms with Crippen LogP contribution in [0.1, 0.15) is 66.7 Å². The van der Waals surface area contributed by atoms with Gasteiger partial charge in [0.2, 0.25) is 0 Å². The second-order valence-corrected chi connectivity index (χ2v) is 12.1. The summed E-state index contributed by atoms with van der Waals surface area (Å²) in [6.07, 6.45) is 0.115. The molecule has 246 valence electrons. The number of Topliss-reactive ketones (excluding diaryl/α,β-unsaturated/α-hetero) is 1. The summed E-state index contributed by atoms with van der Waals surface area (Å²) < 4.78 is 30.2. The normalized spacial score (nSPS) is 15.2. The van der Waals surface area contributed by atoms with Gasteiger partial charge < -0.3 is 29.7 Å². The molecule has 1 fully saturated rings. The molecule has 3 N–H and O–H groups in total. The second-order valence-electron chi connectivity index (χ2n) is 12.1. The van der Waals surface area contributed by atoms with Crippen LogP contribution in [0.5, 0.6) is 11.5 Å². The molecule has 1 aromatic heterocycles. The van der Waals surface area contributed by atoms with E-state index >= 15 is 0 Å². The van der Waals surface area contributed by atoms with Crippen molar-refractivity contribution in [2.24, 2.45) is 0 Å². The number of nitrogens with zero attached hydrogens (tertiary/aromatic N) is 1. The van der Waals surface area contributed by atoms with Crippen LogP contribution in [0.4, 0.5) is 9.18 Å². The Labute approximate surface area is 273 Å².